The van der Waals surface area contributed by atoms with Crippen molar-refractivity contribution in [3.63, 3.8) is 0 Å². The molecular weight excluding hydrogens is 394 g/mol. The molecule has 2 aromatic rings. The summed E-state index contributed by atoms with van der Waals surface area (Å²) in [5, 5.41) is 5.98. The number of primary sulfonamides is 1. The number of methoxy groups -OCH3 is 1. The molecule has 2 aromatic carbocycles. The number of sulfonamides is 1. The molecule has 4 rings (SSSR count). The summed E-state index contributed by atoms with van der Waals surface area (Å²) >= 11 is 6.19. The van der Waals surface area contributed by atoms with Crippen LogP contribution >= 0.6 is 11.6 Å². The standard InChI is InChI=1S/C22H26ClNO3S/c1-27-20-11-7-17(23)14-16(20)6-10-19-21(22(19)12-2-3-13-22)15-4-8-18(9-5-15)28(24,25)26/h4-5,7-9,11,14,19,21H,2-3,6,10,12-13H2,1H3,(H2,24,25,26)/t19-,21-/m1/s1. The van der Waals surface area contributed by atoms with Gasteiger partial charge in [-0.2, -0.15) is 0 Å². The monoisotopic (exact) mass is 419 g/mol. The van der Waals surface area contributed by atoms with Gasteiger partial charge in [-0.1, -0.05) is 36.6 Å². The Morgan fingerprint density at radius 1 is 1.14 bits per heavy atom. The maximum absolute atomic E-state index is 11.5. The normalized spacial score (nSPS) is 23.1. The molecule has 2 N–H and O–H groups in total. The maximum Gasteiger partial charge on any atom is 0.238 e. The van der Waals surface area contributed by atoms with Crippen molar-refractivity contribution in [2.75, 3.05) is 7.11 Å². The van der Waals surface area contributed by atoms with E-state index in [0.29, 0.717) is 17.3 Å². The second-order valence-corrected chi connectivity index (χ2v) is 10.1. The summed E-state index contributed by atoms with van der Waals surface area (Å²) < 4.78 is 28.6. The highest BCUT2D eigenvalue weighted by Crippen LogP contribution is 2.73. The van der Waals surface area contributed by atoms with E-state index < -0.39 is 10.0 Å². The van der Waals surface area contributed by atoms with E-state index in [1.165, 1.54) is 31.2 Å². The Hall–Kier alpha value is -1.56. The number of rotatable bonds is 6. The summed E-state index contributed by atoms with van der Waals surface area (Å²) in [5.41, 5.74) is 2.75. The van der Waals surface area contributed by atoms with E-state index in [2.05, 4.69) is 0 Å². The van der Waals surface area contributed by atoms with E-state index in [9.17, 15) is 8.42 Å². The molecular formula is C22H26ClNO3S. The van der Waals surface area contributed by atoms with E-state index in [1.807, 2.05) is 30.3 Å². The van der Waals surface area contributed by atoms with Gasteiger partial charge in [0.05, 0.1) is 12.0 Å². The summed E-state index contributed by atoms with van der Waals surface area (Å²) in [5.74, 6) is 1.99. The van der Waals surface area contributed by atoms with Crippen LogP contribution in [0.25, 0.3) is 0 Å². The van der Waals surface area contributed by atoms with Crippen LogP contribution in [0.2, 0.25) is 5.02 Å². The average molecular weight is 420 g/mol. The second kappa shape index (κ2) is 7.36. The van der Waals surface area contributed by atoms with Gasteiger partial charge in [0.2, 0.25) is 10.0 Å². The van der Waals surface area contributed by atoms with Gasteiger partial charge in [-0.05, 0) is 84.4 Å². The summed E-state index contributed by atoms with van der Waals surface area (Å²) in [6, 6.07) is 13.0. The van der Waals surface area contributed by atoms with Crippen LogP contribution in [-0.4, -0.2) is 15.5 Å². The van der Waals surface area contributed by atoms with Crippen molar-refractivity contribution in [2.45, 2.75) is 49.3 Å². The summed E-state index contributed by atoms with van der Waals surface area (Å²) in [7, 11) is -1.96. The second-order valence-electron chi connectivity index (χ2n) is 8.13. The Labute approximate surface area is 172 Å². The molecule has 2 atom stereocenters. The van der Waals surface area contributed by atoms with Gasteiger partial charge < -0.3 is 4.74 Å². The molecule has 0 bridgehead atoms. The van der Waals surface area contributed by atoms with Crippen molar-refractivity contribution in [2.24, 2.45) is 16.5 Å². The predicted octanol–water partition coefficient (Wildman–Crippen LogP) is 4.90. The Bertz CT molecular complexity index is 966. The quantitative estimate of drug-likeness (QED) is 0.723. The molecule has 1 spiro atoms. The van der Waals surface area contributed by atoms with E-state index in [4.69, 9.17) is 21.5 Å². The van der Waals surface area contributed by atoms with Crippen LogP contribution in [0.1, 0.15) is 49.1 Å². The van der Waals surface area contributed by atoms with E-state index in [1.54, 1.807) is 19.2 Å². The molecule has 0 aliphatic heterocycles. The molecule has 0 heterocycles. The van der Waals surface area contributed by atoms with Crippen LogP contribution in [0.4, 0.5) is 0 Å². The molecule has 6 heteroatoms. The van der Waals surface area contributed by atoms with Crippen molar-refractivity contribution < 1.29 is 13.2 Å². The van der Waals surface area contributed by atoms with Gasteiger partial charge in [-0.25, -0.2) is 13.6 Å². The van der Waals surface area contributed by atoms with E-state index in [-0.39, 0.29) is 4.90 Å². The fourth-order valence-corrected chi connectivity index (χ4v) is 6.14. The van der Waals surface area contributed by atoms with Gasteiger partial charge in [0.1, 0.15) is 5.75 Å². The Balaban J connectivity index is 1.54. The van der Waals surface area contributed by atoms with Gasteiger partial charge in [0.25, 0.3) is 0 Å². The topological polar surface area (TPSA) is 69.4 Å². The molecule has 0 saturated heterocycles. The first-order valence-corrected chi connectivity index (χ1v) is 11.7. The minimum atomic E-state index is -3.65. The van der Waals surface area contributed by atoms with Crippen LogP contribution in [0.15, 0.2) is 47.4 Å². The zero-order chi connectivity index (χ0) is 19.9. The van der Waals surface area contributed by atoms with Crippen molar-refractivity contribution in [1.82, 2.24) is 0 Å². The van der Waals surface area contributed by atoms with E-state index in [0.717, 1.165) is 29.2 Å². The van der Waals surface area contributed by atoms with Crippen LogP contribution in [-0.2, 0) is 16.4 Å². The first-order chi connectivity index (χ1) is 13.3. The molecule has 4 nitrogen and oxygen atoms in total. The Kier molecular flexibility index (Phi) is 5.19. The molecule has 0 amide bonds. The minimum absolute atomic E-state index is 0.178. The van der Waals surface area contributed by atoms with Crippen LogP contribution in [0.5, 0.6) is 5.75 Å². The largest absolute Gasteiger partial charge is 0.496 e. The predicted molar refractivity (Wildman–Crippen MR) is 111 cm³/mol. The summed E-state index contributed by atoms with van der Waals surface area (Å²) in [4.78, 5) is 0.178. The molecule has 2 saturated carbocycles. The number of hydrogen-bond donors (Lipinski definition) is 1. The maximum atomic E-state index is 11.5. The third kappa shape index (κ3) is 3.56. The first kappa shape index (κ1) is 19.7. The molecule has 150 valence electrons. The van der Waals surface area contributed by atoms with Crippen LogP contribution < -0.4 is 9.88 Å². The smallest absolute Gasteiger partial charge is 0.238 e. The zero-order valence-electron chi connectivity index (χ0n) is 16.0. The number of nitrogens with two attached hydrogens (primary N) is 1. The van der Waals surface area contributed by atoms with Crippen molar-refractivity contribution >= 4 is 21.6 Å². The van der Waals surface area contributed by atoms with E-state index >= 15 is 0 Å². The fourth-order valence-electron chi connectivity index (χ4n) is 5.43. The number of hydrogen-bond acceptors (Lipinski definition) is 3. The molecule has 2 aliphatic carbocycles. The molecule has 0 unspecified atom stereocenters. The first-order valence-electron chi connectivity index (χ1n) is 9.80. The molecule has 0 radical (unpaired) electrons. The fraction of sp³-hybridized carbons (Fsp3) is 0.455. The van der Waals surface area contributed by atoms with Crippen LogP contribution in [0.3, 0.4) is 0 Å². The Morgan fingerprint density at radius 3 is 2.43 bits per heavy atom. The van der Waals surface area contributed by atoms with Crippen molar-refractivity contribution in [1.29, 1.82) is 0 Å². The van der Waals surface area contributed by atoms with Gasteiger partial charge in [-0.3, -0.25) is 0 Å². The van der Waals surface area contributed by atoms with Crippen molar-refractivity contribution in [3.05, 3.63) is 58.6 Å². The molecule has 2 aliphatic rings. The number of benzene rings is 2. The average Bonchev–Trinajstić information content (AvgIpc) is 3.00. The lowest BCUT2D eigenvalue weighted by Crippen LogP contribution is -2.11. The van der Waals surface area contributed by atoms with Crippen molar-refractivity contribution in [3.8, 4) is 5.75 Å². The highest BCUT2D eigenvalue weighted by molar-refractivity contribution is 7.89. The summed E-state index contributed by atoms with van der Waals surface area (Å²) in [6.07, 6.45) is 7.09. The molecule has 0 aromatic heterocycles. The van der Waals surface area contributed by atoms with Gasteiger partial charge >= 0.3 is 0 Å². The SMILES string of the molecule is COc1ccc(Cl)cc1CC[C@@H]1[C@@H](c2ccc(S(N)(=O)=O)cc2)C12CCCC2. The highest BCUT2D eigenvalue weighted by Gasteiger charge is 2.64. The van der Waals surface area contributed by atoms with Gasteiger partial charge in [-0.15, -0.1) is 0 Å². The van der Waals surface area contributed by atoms with Gasteiger partial charge in [0.15, 0.2) is 0 Å². The third-order valence-corrected chi connectivity index (χ3v) is 7.88. The number of aryl methyl sites for hydroxylation is 1. The lowest BCUT2D eigenvalue weighted by Gasteiger charge is -2.11. The minimum Gasteiger partial charge on any atom is -0.496 e. The number of ether oxygens (including phenoxy) is 1. The summed E-state index contributed by atoms with van der Waals surface area (Å²) in [6.45, 7) is 0. The Morgan fingerprint density at radius 2 is 1.82 bits per heavy atom. The zero-order valence-corrected chi connectivity index (χ0v) is 17.6. The molecule has 28 heavy (non-hydrogen) atoms. The third-order valence-electron chi connectivity index (χ3n) is 6.72. The molecule has 2 fully saturated rings. The highest BCUT2D eigenvalue weighted by atomic mass is 35.5. The van der Waals surface area contributed by atoms with Crippen LogP contribution in [0, 0.1) is 11.3 Å². The lowest BCUT2D eigenvalue weighted by atomic mass is 9.96. The van der Waals surface area contributed by atoms with Gasteiger partial charge in [0, 0.05) is 5.02 Å². The lowest BCUT2D eigenvalue weighted by molar-refractivity contribution is 0.406. The number of halogens is 1.